The summed E-state index contributed by atoms with van der Waals surface area (Å²) in [6.45, 7) is 0. The van der Waals surface area contributed by atoms with Crippen molar-refractivity contribution in [2.75, 3.05) is 0 Å². The highest BCUT2D eigenvalue weighted by atomic mass is 16.4. The fraction of sp³-hybridized carbons (Fsp3) is 0.200. The minimum atomic E-state index is -1.68. The lowest BCUT2D eigenvalue weighted by Gasteiger charge is -2.21. The Bertz CT molecular complexity index is 321. The van der Waals surface area contributed by atoms with Crippen LogP contribution in [0.2, 0.25) is 0 Å². The fourth-order valence-corrected chi connectivity index (χ4v) is 1.06. The summed E-state index contributed by atoms with van der Waals surface area (Å²) in [5, 5.41) is 18.0. The second-order valence-corrected chi connectivity index (χ2v) is 2.38. The van der Waals surface area contributed by atoms with Gasteiger partial charge in [0, 0.05) is 0 Å². The topological polar surface area (TPSA) is 89.9 Å². The van der Waals surface area contributed by atoms with Crippen LogP contribution in [-0.2, 0) is 0 Å². The van der Waals surface area contributed by atoms with Crippen molar-refractivity contribution in [1.29, 1.82) is 0 Å². The van der Waals surface area contributed by atoms with Gasteiger partial charge in [0.05, 0.1) is 6.21 Å². The zero-order valence-electron chi connectivity index (χ0n) is 5.99. The van der Waals surface area contributed by atoms with Crippen molar-refractivity contribution < 1.29 is 10.0 Å². The number of nitrogens with zero attached hydrogens (tertiary/aromatic N) is 4. The van der Waals surface area contributed by atoms with Crippen LogP contribution in [0.5, 0.6) is 0 Å². The Morgan fingerprint density at radius 1 is 1.25 bits per heavy atom. The van der Waals surface area contributed by atoms with Gasteiger partial charge in [0.2, 0.25) is 5.56 Å². The van der Waals surface area contributed by atoms with Crippen LogP contribution in [0.3, 0.4) is 0 Å². The summed E-state index contributed by atoms with van der Waals surface area (Å²) in [7, 11) is -1.68. The van der Waals surface area contributed by atoms with Crippen molar-refractivity contribution >= 4 is 31.7 Å². The fourth-order valence-electron chi connectivity index (χ4n) is 1.06. The van der Waals surface area contributed by atoms with Crippen molar-refractivity contribution in [3.8, 4) is 0 Å². The molecule has 0 spiro atoms. The number of rotatable bonds is 1. The number of aliphatic imine (C=N–C) groups is 4. The molecule has 7 heteroatoms. The monoisotopic (exact) mass is 164 g/mol. The third kappa shape index (κ3) is 0.773. The van der Waals surface area contributed by atoms with Crippen LogP contribution in [0.1, 0.15) is 0 Å². The Morgan fingerprint density at radius 2 is 2.00 bits per heavy atom. The third-order valence-corrected chi connectivity index (χ3v) is 1.71. The molecule has 0 aromatic carbocycles. The lowest BCUT2D eigenvalue weighted by Crippen LogP contribution is -2.50. The summed E-state index contributed by atoms with van der Waals surface area (Å²) < 4.78 is 0. The van der Waals surface area contributed by atoms with Crippen molar-refractivity contribution in [1.82, 2.24) is 0 Å². The molecule has 1 unspecified atom stereocenters. The Hall–Kier alpha value is -1.34. The smallest absolute Gasteiger partial charge is 0.424 e. The van der Waals surface area contributed by atoms with E-state index >= 15 is 0 Å². The molecule has 0 saturated heterocycles. The molecule has 0 aromatic rings. The molecule has 2 N–H and O–H groups in total. The summed E-state index contributed by atoms with van der Waals surface area (Å²) in [5.41, 5.74) is -1.01. The van der Waals surface area contributed by atoms with Gasteiger partial charge in [-0.2, -0.15) is 0 Å². The van der Waals surface area contributed by atoms with E-state index in [1.807, 2.05) is 0 Å². The molecule has 0 bridgehead atoms. The van der Waals surface area contributed by atoms with E-state index in [1.54, 1.807) is 0 Å². The van der Waals surface area contributed by atoms with Crippen LogP contribution in [-0.4, -0.2) is 47.3 Å². The van der Waals surface area contributed by atoms with Gasteiger partial charge in [-0.15, -0.1) is 0 Å². The molecule has 1 atom stereocenters. The molecule has 0 radical (unpaired) electrons. The molecular weight excluding hydrogens is 159 g/mol. The zero-order chi connectivity index (χ0) is 8.60. The van der Waals surface area contributed by atoms with Gasteiger partial charge >= 0.3 is 7.12 Å². The summed E-state index contributed by atoms with van der Waals surface area (Å²) >= 11 is 0. The molecule has 2 rings (SSSR count). The molecule has 0 fully saturated rings. The van der Waals surface area contributed by atoms with E-state index in [0.717, 1.165) is 0 Å². The molecule has 6 nitrogen and oxygen atoms in total. The van der Waals surface area contributed by atoms with Crippen LogP contribution in [0.25, 0.3) is 0 Å². The number of hydrogen-bond donors (Lipinski definition) is 2. The quantitative estimate of drug-likeness (QED) is 0.451. The van der Waals surface area contributed by atoms with Gasteiger partial charge in [0.15, 0.2) is 0 Å². The van der Waals surface area contributed by atoms with E-state index in [0.29, 0.717) is 5.71 Å². The summed E-state index contributed by atoms with van der Waals surface area (Å²) in [4.78, 5) is 15.0. The van der Waals surface area contributed by atoms with Gasteiger partial charge in [-0.3, -0.25) is 0 Å². The first-order valence-electron chi connectivity index (χ1n) is 3.31. The average molecular weight is 164 g/mol. The molecule has 2 aliphatic heterocycles. The Balaban J connectivity index is 2.47. The van der Waals surface area contributed by atoms with Crippen molar-refractivity contribution in [2.24, 2.45) is 20.0 Å². The van der Waals surface area contributed by atoms with Crippen molar-refractivity contribution in [3.63, 3.8) is 0 Å². The molecule has 60 valence electrons. The minimum absolute atomic E-state index is 0.347. The molecule has 12 heavy (non-hydrogen) atoms. The average Bonchev–Trinajstić information content (AvgIpc) is 2.48. The maximum Gasteiger partial charge on any atom is 0.511 e. The molecular formula is C5H5BN4O2. The van der Waals surface area contributed by atoms with E-state index in [9.17, 15) is 0 Å². The second-order valence-electron chi connectivity index (χ2n) is 2.38. The largest absolute Gasteiger partial charge is 0.511 e. The SMILES string of the molecule is OB(O)C12N=CN=CC1=NC=N2. The highest BCUT2D eigenvalue weighted by Gasteiger charge is 2.48. The molecule has 2 heterocycles. The van der Waals surface area contributed by atoms with Crippen LogP contribution >= 0.6 is 0 Å². The molecule has 2 aliphatic rings. The predicted molar refractivity (Wildman–Crippen MR) is 45.8 cm³/mol. The molecule has 0 amide bonds. The van der Waals surface area contributed by atoms with Crippen LogP contribution in [0, 0.1) is 0 Å². The van der Waals surface area contributed by atoms with Crippen LogP contribution in [0.4, 0.5) is 0 Å². The normalized spacial score (nSPS) is 30.3. The first-order valence-corrected chi connectivity index (χ1v) is 3.31. The Kier molecular flexibility index (Phi) is 1.42. The number of fused-ring (bicyclic) bond motifs is 1. The Labute approximate surface area is 68.2 Å². The lowest BCUT2D eigenvalue weighted by molar-refractivity contribution is 0.376. The van der Waals surface area contributed by atoms with E-state index in [2.05, 4.69) is 20.0 Å². The van der Waals surface area contributed by atoms with Crippen molar-refractivity contribution in [3.05, 3.63) is 0 Å². The van der Waals surface area contributed by atoms with Gasteiger partial charge in [-0.05, 0) is 0 Å². The highest BCUT2D eigenvalue weighted by Crippen LogP contribution is 2.21. The van der Waals surface area contributed by atoms with E-state index < -0.39 is 12.7 Å². The molecule has 0 aromatic heterocycles. The van der Waals surface area contributed by atoms with E-state index in [4.69, 9.17) is 10.0 Å². The standard InChI is InChI=1S/C5H5BN4O2/c11-6(12)5-4(8-3-10-5)1-7-2-9-5/h1-3,11-12H. The molecule has 0 aliphatic carbocycles. The van der Waals surface area contributed by atoms with Crippen molar-refractivity contribution in [2.45, 2.75) is 5.56 Å². The lowest BCUT2D eigenvalue weighted by atomic mass is 9.70. The first kappa shape index (κ1) is 7.32. The van der Waals surface area contributed by atoms with Gasteiger partial charge < -0.3 is 10.0 Å². The van der Waals surface area contributed by atoms with E-state index in [1.165, 1.54) is 18.9 Å². The molecule has 0 saturated carbocycles. The summed E-state index contributed by atoms with van der Waals surface area (Å²) in [6.07, 6.45) is 3.87. The van der Waals surface area contributed by atoms with Crippen LogP contribution in [0.15, 0.2) is 20.0 Å². The van der Waals surface area contributed by atoms with Gasteiger partial charge in [-0.1, -0.05) is 0 Å². The van der Waals surface area contributed by atoms with Gasteiger partial charge in [0.25, 0.3) is 0 Å². The summed E-state index contributed by atoms with van der Waals surface area (Å²) in [6, 6.07) is 0. The predicted octanol–water partition coefficient (Wildman–Crippen LogP) is -1.71. The maximum absolute atomic E-state index is 9.02. The van der Waals surface area contributed by atoms with Gasteiger partial charge in [-0.25, -0.2) is 20.0 Å². The minimum Gasteiger partial charge on any atom is -0.424 e. The van der Waals surface area contributed by atoms with Gasteiger partial charge in [0.1, 0.15) is 18.4 Å². The Morgan fingerprint density at radius 3 is 2.67 bits per heavy atom. The second kappa shape index (κ2) is 2.33. The van der Waals surface area contributed by atoms with E-state index in [-0.39, 0.29) is 0 Å². The third-order valence-electron chi connectivity index (χ3n) is 1.71. The highest BCUT2D eigenvalue weighted by molar-refractivity contribution is 6.61. The summed E-state index contributed by atoms with van der Waals surface area (Å²) in [5.74, 6) is 0. The zero-order valence-corrected chi connectivity index (χ0v) is 5.99. The first-order chi connectivity index (χ1) is 5.76. The number of hydrogen-bond acceptors (Lipinski definition) is 6. The maximum atomic E-state index is 9.02. The van der Waals surface area contributed by atoms with Crippen LogP contribution < -0.4 is 0 Å².